The third kappa shape index (κ3) is 4.03. The maximum atomic E-state index is 13.7. The van der Waals surface area contributed by atoms with Crippen LogP contribution >= 0.6 is 28.1 Å². The zero-order valence-corrected chi connectivity index (χ0v) is 12.4. The van der Waals surface area contributed by atoms with E-state index in [1.165, 1.54) is 17.0 Å². The van der Waals surface area contributed by atoms with Crippen molar-refractivity contribution in [1.29, 1.82) is 0 Å². The number of halogens is 2. The Morgan fingerprint density at radius 2 is 2.22 bits per heavy atom. The lowest BCUT2D eigenvalue weighted by Crippen LogP contribution is -2.34. The van der Waals surface area contributed by atoms with Gasteiger partial charge in [-0.15, -0.1) is 0 Å². The summed E-state index contributed by atoms with van der Waals surface area (Å²) in [6.45, 7) is 2.71. The molecule has 1 amide bonds. The number of benzene rings is 1. The Balaban J connectivity index is 2.86. The summed E-state index contributed by atoms with van der Waals surface area (Å²) < 4.78 is 14.3. The van der Waals surface area contributed by atoms with Gasteiger partial charge < -0.3 is 10.6 Å². The molecule has 6 heteroatoms. The van der Waals surface area contributed by atoms with E-state index in [2.05, 4.69) is 15.9 Å². The quantitative estimate of drug-likeness (QED) is 0.843. The molecule has 1 aromatic rings. The fourth-order valence-corrected chi connectivity index (χ4v) is 1.91. The largest absolute Gasteiger partial charge is 0.393 e. The third-order valence-electron chi connectivity index (χ3n) is 2.46. The first-order chi connectivity index (χ1) is 8.45. The highest BCUT2D eigenvalue weighted by Crippen LogP contribution is 2.17. The lowest BCUT2D eigenvalue weighted by molar-refractivity contribution is 0.0764. The SMILES string of the molecule is CCN(CCC(N)=S)C(=O)c1ccc(Br)cc1F. The Morgan fingerprint density at radius 3 is 2.72 bits per heavy atom. The summed E-state index contributed by atoms with van der Waals surface area (Å²) in [5.74, 6) is -0.887. The van der Waals surface area contributed by atoms with Crippen LogP contribution in [0.3, 0.4) is 0 Å². The van der Waals surface area contributed by atoms with E-state index in [4.69, 9.17) is 18.0 Å². The summed E-state index contributed by atoms with van der Waals surface area (Å²) in [6.07, 6.45) is 0.438. The minimum Gasteiger partial charge on any atom is -0.393 e. The van der Waals surface area contributed by atoms with Gasteiger partial charge in [0.2, 0.25) is 0 Å². The van der Waals surface area contributed by atoms with Crippen molar-refractivity contribution in [3.63, 3.8) is 0 Å². The molecule has 18 heavy (non-hydrogen) atoms. The highest BCUT2D eigenvalue weighted by Gasteiger charge is 2.18. The molecule has 3 nitrogen and oxygen atoms in total. The van der Waals surface area contributed by atoms with Crippen LogP contribution < -0.4 is 5.73 Å². The topological polar surface area (TPSA) is 46.3 Å². The van der Waals surface area contributed by atoms with Gasteiger partial charge in [0.25, 0.3) is 5.91 Å². The first kappa shape index (κ1) is 15.0. The van der Waals surface area contributed by atoms with E-state index in [9.17, 15) is 9.18 Å². The first-order valence-electron chi connectivity index (χ1n) is 5.48. The Labute approximate surface area is 119 Å². The highest BCUT2D eigenvalue weighted by molar-refractivity contribution is 9.10. The third-order valence-corrected chi connectivity index (χ3v) is 3.16. The van der Waals surface area contributed by atoms with Gasteiger partial charge in [0, 0.05) is 24.0 Å². The van der Waals surface area contributed by atoms with Gasteiger partial charge in [-0.25, -0.2) is 4.39 Å². The standard InChI is InChI=1S/C12H14BrFN2OS/c1-2-16(6-5-11(15)18)12(17)9-4-3-8(13)7-10(9)14/h3-4,7H,2,5-6H2,1H3,(H2,15,18). The summed E-state index contributed by atoms with van der Waals surface area (Å²) in [5, 5.41) is 0. The normalized spacial score (nSPS) is 10.2. The van der Waals surface area contributed by atoms with Crippen molar-refractivity contribution in [3.05, 3.63) is 34.1 Å². The van der Waals surface area contributed by atoms with Crippen molar-refractivity contribution in [2.24, 2.45) is 5.73 Å². The molecule has 0 fully saturated rings. The molecule has 0 heterocycles. The van der Waals surface area contributed by atoms with Gasteiger partial charge in [0.1, 0.15) is 5.82 Å². The Morgan fingerprint density at radius 1 is 1.56 bits per heavy atom. The smallest absolute Gasteiger partial charge is 0.256 e. The van der Waals surface area contributed by atoms with E-state index in [1.54, 1.807) is 6.07 Å². The Bertz CT molecular complexity index is 467. The monoisotopic (exact) mass is 332 g/mol. The molecule has 0 saturated heterocycles. The predicted octanol–water partition coefficient (Wildman–Crippen LogP) is 2.73. The molecular formula is C12H14BrFN2OS. The number of carbonyl (C=O) groups is 1. The van der Waals surface area contributed by atoms with Gasteiger partial charge in [-0.2, -0.15) is 0 Å². The van der Waals surface area contributed by atoms with Gasteiger partial charge in [0.05, 0.1) is 10.6 Å². The minimum absolute atomic E-state index is 0.0583. The molecule has 0 radical (unpaired) electrons. The van der Waals surface area contributed by atoms with Crippen molar-refractivity contribution in [1.82, 2.24) is 4.90 Å². The van der Waals surface area contributed by atoms with E-state index in [-0.39, 0.29) is 11.5 Å². The molecule has 0 saturated carbocycles. The number of nitrogens with two attached hydrogens (primary N) is 1. The van der Waals surface area contributed by atoms with E-state index in [0.29, 0.717) is 29.0 Å². The van der Waals surface area contributed by atoms with Crippen molar-refractivity contribution in [2.45, 2.75) is 13.3 Å². The summed E-state index contributed by atoms with van der Waals surface area (Å²) in [5.41, 5.74) is 5.46. The second kappa shape index (κ2) is 6.80. The molecule has 0 aromatic heterocycles. The number of hydrogen-bond acceptors (Lipinski definition) is 2. The van der Waals surface area contributed by atoms with E-state index in [1.807, 2.05) is 6.92 Å². The van der Waals surface area contributed by atoms with Crippen LogP contribution in [-0.4, -0.2) is 28.9 Å². The number of nitrogens with zero attached hydrogens (tertiary/aromatic N) is 1. The molecule has 1 rings (SSSR count). The fraction of sp³-hybridized carbons (Fsp3) is 0.333. The number of amides is 1. The van der Waals surface area contributed by atoms with E-state index in [0.717, 1.165) is 0 Å². The van der Waals surface area contributed by atoms with Crippen molar-refractivity contribution in [3.8, 4) is 0 Å². The van der Waals surface area contributed by atoms with Crippen molar-refractivity contribution < 1.29 is 9.18 Å². The van der Waals surface area contributed by atoms with Crippen LogP contribution in [0, 0.1) is 5.82 Å². The Hall–Kier alpha value is -1.01. The van der Waals surface area contributed by atoms with Crippen LogP contribution in [0.4, 0.5) is 4.39 Å². The highest BCUT2D eigenvalue weighted by atomic mass is 79.9. The second-order valence-corrected chi connectivity index (χ2v) is 5.17. The molecule has 0 bridgehead atoms. The molecule has 0 unspecified atom stereocenters. The average Bonchev–Trinajstić information content (AvgIpc) is 2.29. The van der Waals surface area contributed by atoms with E-state index < -0.39 is 5.82 Å². The number of thiocarbonyl (C=S) groups is 1. The molecule has 0 aliphatic heterocycles. The maximum Gasteiger partial charge on any atom is 0.256 e. The van der Waals surface area contributed by atoms with Crippen LogP contribution in [0.1, 0.15) is 23.7 Å². The maximum absolute atomic E-state index is 13.7. The van der Waals surface area contributed by atoms with Gasteiger partial charge >= 0.3 is 0 Å². The summed E-state index contributed by atoms with van der Waals surface area (Å²) >= 11 is 7.92. The molecule has 98 valence electrons. The zero-order chi connectivity index (χ0) is 13.7. The molecule has 0 aliphatic carbocycles. The summed E-state index contributed by atoms with van der Waals surface area (Å²) in [4.78, 5) is 14.0. The molecule has 0 spiro atoms. The van der Waals surface area contributed by atoms with Crippen LogP contribution in [-0.2, 0) is 0 Å². The molecule has 1 aromatic carbocycles. The number of carbonyl (C=O) groups excluding carboxylic acids is 1. The van der Waals surface area contributed by atoms with Crippen LogP contribution in [0.25, 0.3) is 0 Å². The van der Waals surface area contributed by atoms with Gasteiger partial charge in [-0.3, -0.25) is 4.79 Å². The van der Waals surface area contributed by atoms with Crippen molar-refractivity contribution in [2.75, 3.05) is 13.1 Å². The number of rotatable bonds is 5. The van der Waals surface area contributed by atoms with Crippen molar-refractivity contribution >= 4 is 39.0 Å². The molecular weight excluding hydrogens is 319 g/mol. The first-order valence-corrected chi connectivity index (χ1v) is 6.68. The number of hydrogen-bond donors (Lipinski definition) is 1. The molecule has 0 atom stereocenters. The lowest BCUT2D eigenvalue weighted by Gasteiger charge is -2.20. The zero-order valence-electron chi connectivity index (χ0n) is 9.95. The van der Waals surface area contributed by atoms with Crippen LogP contribution in [0.15, 0.2) is 22.7 Å². The summed E-state index contributed by atoms with van der Waals surface area (Å²) in [6, 6.07) is 4.37. The van der Waals surface area contributed by atoms with E-state index >= 15 is 0 Å². The van der Waals surface area contributed by atoms with Crippen LogP contribution in [0.2, 0.25) is 0 Å². The van der Waals surface area contributed by atoms with Crippen LogP contribution in [0.5, 0.6) is 0 Å². The average molecular weight is 333 g/mol. The molecule has 0 aliphatic rings. The van der Waals surface area contributed by atoms with Gasteiger partial charge in [0.15, 0.2) is 0 Å². The minimum atomic E-state index is -0.539. The van der Waals surface area contributed by atoms with Gasteiger partial charge in [-0.05, 0) is 25.1 Å². The lowest BCUT2D eigenvalue weighted by atomic mass is 10.2. The Kier molecular flexibility index (Phi) is 5.68. The van der Waals surface area contributed by atoms with Gasteiger partial charge in [-0.1, -0.05) is 28.1 Å². The fourth-order valence-electron chi connectivity index (χ4n) is 1.48. The molecule has 2 N–H and O–H groups in total. The predicted molar refractivity (Wildman–Crippen MR) is 77.1 cm³/mol. The second-order valence-electron chi connectivity index (χ2n) is 3.73. The summed E-state index contributed by atoms with van der Waals surface area (Å²) in [7, 11) is 0.